The van der Waals surface area contributed by atoms with Crippen LogP contribution in [0, 0.1) is 11.6 Å². The summed E-state index contributed by atoms with van der Waals surface area (Å²) in [7, 11) is 2.03. The number of hydrogen-bond donors (Lipinski definition) is 1. The maximum atomic E-state index is 15.7. The van der Waals surface area contributed by atoms with Gasteiger partial charge in [-0.15, -0.1) is 0 Å². The van der Waals surface area contributed by atoms with Gasteiger partial charge in [0, 0.05) is 36.9 Å². The van der Waals surface area contributed by atoms with Crippen molar-refractivity contribution in [2.75, 3.05) is 18.5 Å². The molecule has 2 aromatic rings. The molecule has 1 N–H and O–H groups in total. The maximum Gasteiger partial charge on any atom is 0.341 e. The van der Waals surface area contributed by atoms with Crippen LogP contribution in [-0.4, -0.2) is 52.3 Å². The maximum absolute atomic E-state index is 15.7. The zero-order valence-corrected chi connectivity index (χ0v) is 15.7. The summed E-state index contributed by atoms with van der Waals surface area (Å²) in [6.07, 6.45) is 3.61. The summed E-state index contributed by atoms with van der Waals surface area (Å²) in [6, 6.07) is 1.38. The number of aromatic carboxylic acids is 1. The second kappa shape index (κ2) is 5.76. The van der Waals surface area contributed by atoms with Crippen molar-refractivity contribution in [2.45, 2.75) is 50.4 Å². The number of carboxylic acids is 1. The van der Waals surface area contributed by atoms with E-state index in [-0.39, 0.29) is 40.8 Å². The summed E-state index contributed by atoms with van der Waals surface area (Å²) >= 11 is 0. The molecule has 3 fully saturated rings. The molecule has 3 unspecified atom stereocenters. The first-order chi connectivity index (χ1) is 13.3. The minimum atomic E-state index is -1.39. The first-order valence-corrected chi connectivity index (χ1v) is 9.58. The Bertz CT molecular complexity index is 1080. The van der Waals surface area contributed by atoms with Crippen molar-refractivity contribution >= 4 is 22.6 Å². The van der Waals surface area contributed by atoms with Crippen molar-refractivity contribution in [3.05, 3.63) is 39.7 Å². The number of aromatic nitrogens is 1. The van der Waals surface area contributed by atoms with Crippen LogP contribution in [0.2, 0.25) is 0 Å². The fraction of sp³-hybridized carbons (Fsp3) is 0.500. The number of rotatable bonds is 3. The van der Waals surface area contributed by atoms with Gasteiger partial charge in [-0.1, -0.05) is 0 Å². The Morgan fingerprint density at radius 2 is 1.96 bits per heavy atom. The molecule has 1 aromatic heterocycles. The Kier molecular flexibility index (Phi) is 3.62. The molecule has 28 heavy (non-hydrogen) atoms. The third-order valence-corrected chi connectivity index (χ3v) is 6.74. The van der Waals surface area contributed by atoms with Gasteiger partial charge in [0.05, 0.1) is 10.9 Å². The van der Waals surface area contributed by atoms with E-state index in [0.29, 0.717) is 6.54 Å². The molecule has 1 aliphatic carbocycles. The molecule has 6 nitrogen and oxygen atoms in total. The first-order valence-electron chi connectivity index (χ1n) is 9.58. The Balaban J connectivity index is 1.75. The van der Waals surface area contributed by atoms with Crippen molar-refractivity contribution in [1.29, 1.82) is 0 Å². The lowest BCUT2D eigenvalue weighted by atomic mass is 10.1. The average molecular weight is 389 g/mol. The van der Waals surface area contributed by atoms with E-state index in [9.17, 15) is 14.7 Å². The highest BCUT2D eigenvalue weighted by atomic mass is 19.1. The van der Waals surface area contributed by atoms with Crippen LogP contribution in [0.5, 0.6) is 0 Å². The lowest BCUT2D eigenvalue weighted by Gasteiger charge is -2.39. The summed E-state index contributed by atoms with van der Waals surface area (Å²) in [5.41, 5.74) is -1.39. The van der Waals surface area contributed by atoms with Crippen LogP contribution in [0.1, 0.15) is 42.6 Å². The standard InChI is InChI=1S/C20H21F2N3O3/c1-9-15-5-11(23(9)2)7-25(15)18-14(21)6-12-17(16(18)22)24(10-3-4-10)8-13(19(12)26)20(27)28/h6,8-11,15H,3-5,7H2,1-2H3,(H,27,28). The molecule has 2 bridgehead atoms. The molecule has 8 heteroatoms. The Morgan fingerprint density at radius 3 is 2.54 bits per heavy atom. The summed E-state index contributed by atoms with van der Waals surface area (Å²) in [5, 5.41) is 9.12. The molecule has 3 atom stereocenters. The number of piperazine rings is 1. The van der Waals surface area contributed by atoms with Crippen LogP contribution in [0.15, 0.2) is 17.1 Å². The highest BCUT2D eigenvalue weighted by molar-refractivity contribution is 5.94. The van der Waals surface area contributed by atoms with Gasteiger partial charge in [0.1, 0.15) is 17.1 Å². The van der Waals surface area contributed by atoms with Crippen molar-refractivity contribution in [3.8, 4) is 0 Å². The van der Waals surface area contributed by atoms with E-state index in [1.54, 1.807) is 4.90 Å². The van der Waals surface area contributed by atoms with Gasteiger partial charge in [-0.2, -0.15) is 0 Å². The zero-order valence-electron chi connectivity index (χ0n) is 15.7. The van der Waals surface area contributed by atoms with Gasteiger partial charge in [0.25, 0.3) is 0 Å². The minimum absolute atomic E-state index is 0.0100. The molecule has 5 rings (SSSR count). The largest absolute Gasteiger partial charge is 0.477 e. The van der Waals surface area contributed by atoms with Crippen LogP contribution in [0.3, 0.4) is 0 Å². The van der Waals surface area contributed by atoms with Gasteiger partial charge in [-0.25, -0.2) is 13.6 Å². The zero-order chi connectivity index (χ0) is 19.9. The van der Waals surface area contributed by atoms with Crippen molar-refractivity contribution in [1.82, 2.24) is 9.47 Å². The highest BCUT2D eigenvalue weighted by Gasteiger charge is 2.48. The monoisotopic (exact) mass is 389 g/mol. The molecule has 0 spiro atoms. The van der Waals surface area contributed by atoms with E-state index < -0.39 is 28.6 Å². The average Bonchev–Trinajstić information content (AvgIpc) is 3.34. The molecule has 1 aromatic carbocycles. The van der Waals surface area contributed by atoms with Gasteiger partial charge in [-0.3, -0.25) is 9.69 Å². The predicted octanol–water partition coefficient (Wildman–Crippen LogP) is 2.59. The van der Waals surface area contributed by atoms with Gasteiger partial charge in [-0.05, 0) is 39.3 Å². The van der Waals surface area contributed by atoms with E-state index in [4.69, 9.17) is 0 Å². The summed E-state index contributed by atoms with van der Waals surface area (Å²) in [6.45, 7) is 2.58. The smallest absolute Gasteiger partial charge is 0.341 e. The number of carboxylic acid groups (broad SMARTS) is 1. The number of carbonyl (C=O) groups is 1. The second-order valence-electron chi connectivity index (χ2n) is 8.25. The Labute approximate surface area is 160 Å². The number of hydrogen-bond acceptors (Lipinski definition) is 4. The van der Waals surface area contributed by atoms with E-state index in [1.807, 2.05) is 14.0 Å². The molecular formula is C20H21F2N3O3. The summed E-state index contributed by atoms with van der Waals surface area (Å²) in [4.78, 5) is 28.0. The van der Waals surface area contributed by atoms with Gasteiger partial charge >= 0.3 is 5.97 Å². The van der Waals surface area contributed by atoms with Gasteiger partial charge < -0.3 is 14.6 Å². The number of anilines is 1. The molecule has 2 saturated heterocycles. The van der Waals surface area contributed by atoms with E-state index in [2.05, 4.69) is 4.90 Å². The van der Waals surface area contributed by atoms with E-state index >= 15 is 8.78 Å². The molecule has 0 amide bonds. The van der Waals surface area contributed by atoms with Crippen molar-refractivity contribution < 1.29 is 18.7 Å². The molecule has 3 aliphatic rings. The Morgan fingerprint density at radius 1 is 1.25 bits per heavy atom. The number of nitrogens with zero attached hydrogens (tertiary/aromatic N) is 3. The fourth-order valence-electron chi connectivity index (χ4n) is 4.94. The molecule has 148 valence electrons. The SMILES string of the molecule is CC1C2CC(CN2c2c(F)cc3c(=O)c(C(=O)O)cn(C4CC4)c3c2F)N1C. The van der Waals surface area contributed by atoms with E-state index in [0.717, 1.165) is 25.3 Å². The summed E-state index contributed by atoms with van der Waals surface area (Å²) in [5.74, 6) is -2.97. The number of likely N-dealkylation sites (N-methyl/N-ethyl adjacent to an activating group) is 1. The number of fused-ring (bicyclic) bond motifs is 3. The fourth-order valence-corrected chi connectivity index (χ4v) is 4.94. The highest BCUT2D eigenvalue weighted by Crippen LogP contribution is 2.43. The van der Waals surface area contributed by atoms with Crippen LogP contribution >= 0.6 is 0 Å². The van der Waals surface area contributed by atoms with Crippen LogP contribution in [0.4, 0.5) is 14.5 Å². The van der Waals surface area contributed by atoms with Gasteiger partial charge in [0.15, 0.2) is 5.82 Å². The Hall–Kier alpha value is -2.48. The third kappa shape index (κ3) is 2.27. The van der Waals surface area contributed by atoms with Crippen molar-refractivity contribution in [2.24, 2.45) is 0 Å². The number of benzene rings is 1. The van der Waals surface area contributed by atoms with Crippen LogP contribution in [-0.2, 0) is 0 Å². The first kappa shape index (κ1) is 17.6. The molecule has 1 saturated carbocycles. The molecule has 3 heterocycles. The quantitative estimate of drug-likeness (QED) is 0.874. The molecule has 0 radical (unpaired) electrons. The molecule has 2 aliphatic heterocycles. The number of likely N-dealkylation sites (tertiary alicyclic amines) is 1. The lowest BCUT2D eigenvalue weighted by Crippen LogP contribution is -2.50. The normalized spacial score (nSPS) is 27.1. The predicted molar refractivity (Wildman–Crippen MR) is 100 cm³/mol. The lowest BCUT2D eigenvalue weighted by molar-refractivity contribution is 0.0695. The second-order valence-corrected chi connectivity index (χ2v) is 8.25. The van der Waals surface area contributed by atoms with E-state index in [1.165, 1.54) is 10.8 Å². The summed E-state index contributed by atoms with van der Waals surface area (Å²) < 4.78 is 32.3. The third-order valence-electron chi connectivity index (χ3n) is 6.74. The number of pyridine rings is 1. The van der Waals surface area contributed by atoms with Gasteiger partial charge in [0.2, 0.25) is 5.43 Å². The topological polar surface area (TPSA) is 65.8 Å². The molecular weight excluding hydrogens is 368 g/mol. The van der Waals surface area contributed by atoms with Crippen molar-refractivity contribution in [3.63, 3.8) is 0 Å². The van der Waals surface area contributed by atoms with Crippen LogP contribution in [0.25, 0.3) is 10.9 Å². The number of halogens is 2. The minimum Gasteiger partial charge on any atom is -0.477 e. The van der Waals surface area contributed by atoms with Crippen LogP contribution < -0.4 is 10.3 Å².